The Morgan fingerprint density at radius 3 is 2.70 bits per heavy atom. The predicted molar refractivity (Wildman–Crippen MR) is 72.0 cm³/mol. The van der Waals surface area contributed by atoms with Gasteiger partial charge >= 0.3 is 6.09 Å². The van der Waals surface area contributed by atoms with Crippen LogP contribution in [0, 0.1) is 0 Å². The van der Waals surface area contributed by atoms with Crippen LogP contribution in [-0.4, -0.2) is 35.1 Å². The number of hydrogen-bond acceptors (Lipinski definition) is 5. The summed E-state index contributed by atoms with van der Waals surface area (Å²) in [7, 11) is 1.46. The van der Waals surface area contributed by atoms with Crippen LogP contribution < -0.4 is 20.5 Å². The Bertz CT molecular complexity index is 544. The summed E-state index contributed by atoms with van der Waals surface area (Å²) in [4.78, 5) is 10.9. The number of carboxylic acid groups (broad SMARTS) is 1. The molecule has 2 rings (SSSR count). The lowest BCUT2D eigenvalue weighted by atomic mass is 9.86. The summed E-state index contributed by atoms with van der Waals surface area (Å²) in [5, 5.41) is 21.5. The van der Waals surface area contributed by atoms with Gasteiger partial charge in [0.2, 0.25) is 0 Å². The molecule has 1 heterocycles. The first-order valence-corrected chi connectivity index (χ1v) is 6.10. The Balaban J connectivity index is 2.55. The highest BCUT2D eigenvalue weighted by Crippen LogP contribution is 2.43. The fourth-order valence-electron chi connectivity index (χ4n) is 2.30. The third-order valence-electron chi connectivity index (χ3n) is 3.38. The maximum absolute atomic E-state index is 10.9. The molecule has 0 saturated heterocycles. The van der Waals surface area contributed by atoms with Gasteiger partial charge in [-0.2, -0.15) is 0 Å². The highest BCUT2D eigenvalue weighted by molar-refractivity contribution is 5.67. The number of aliphatic hydroxyl groups excluding tert-OH is 1. The van der Waals surface area contributed by atoms with E-state index in [1.807, 2.05) is 0 Å². The van der Waals surface area contributed by atoms with Crippen LogP contribution in [0.15, 0.2) is 12.1 Å². The average molecular weight is 282 g/mol. The monoisotopic (exact) mass is 282 g/mol. The molecular weight excluding hydrogens is 264 g/mol. The molecule has 0 aromatic heterocycles. The number of rotatable bonds is 2. The van der Waals surface area contributed by atoms with E-state index in [0.29, 0.717) is 22.7 Å². The third kappa shape index (κ3) is 2.32. The molecule has 0 bridgehead atoms. The lowest BCUT2D eigenvalue weighted by Crippen LogP contribution is -2.53. The normalized spacial score (nSPS) is 23.4. The van der Waals surface area contributed by atoms with Crippen LogP contribution >= 0.6 is 0 Å². The summed E-state index contributed by atoms with van der Waals surface area (Å²) in [6.45, 7) is 3.36. The number of nitrogens with one attached hydrogen (secondary N) is 1. The lowest BCUT2D eigenvalue weighted by Gasteiger charge is -2.42. The topological polar surface area (TPSA) is 114 Å². The third-order valence-corrected chi connectivity index (χ3v) is 3.38. The molecule has 5 N–H and O–H groups in total. The van der Waals surface area contributed by atoms with Gasteiger partial charge in [0.25, 0.3) is 0 Å². The number of aliphatic hydroxyl groups is 1. The number of ether oxygens (including phenoxy) is 2. The number of fused-ring (bicyclic) bond motifs is 1. The molecule has 2 unspecified atom stereocenters. The van der Waals surface area contributed by atoms with Crippen LogP contribution in [0.5, 0.6) is 11.5 Å². The summed E-state index contributed by atoms with van der Waals surface area (Å²) in [6.07, 6.45) is -2.27. The first-order valence-electron chi connectivity index (χ1n) is 6.10. The number of nitrogen functional groups attached to an aromatic ring is 1. The number of nitrogens with two attached hydrogens (primary N) is 1. The Hall–Kier alpha value is -2.15. The van der Waals surface area contributed by atoms with E-state index in [9.17, 15) is 9.90 Å². The quantitative estimate of drug-likeness (QED) is 0.604. The van der Waals surface area contributed by atoms with Crippen molar-refractivity contribution in [1.29, 1.82) is 0 Å². The van der Waals surface area contributed by atoms with Crippen molar-refractivity contribution in [2.75, 3.05) is 12.8 Å². The zero-order valence-corrected chi connectivity index (χ0v) is 11.5. The van der Waals surface area contributed by atoms with Crippen LogP contribution in [0.1, 0.15) is 25.5 Å². The number of amides is 1. The van der Waals surface area contributed by atoms with E-state index in [4.69, 9.17) is 20.3 Å². The van der Waals surface area contributed by atoms with Crippen LogP contribution in [0.4, 0.5) is 10.5 Å². The van der Waals surface area contributed by atoms with Crippen molar-refractivity contribution < 1.29 is 24.5 Å². The van der Waals surface area contributed by atoms with Crippen LogP contribution in [-0.2, 0) is 0 Å². The highest BCUT2D eigenvalue weighted by Gasteiger charge is 2.44. The van der Waals surface area contributed by atoms with Crippen LogP contribution in [0.3, 0.4) is 0 Å². The molecule has 7 nitrogen and oxygen atoms in total. The fourth-order valence-corrected chi connectivity index (χ4v) is 2.30. The SMILES string of the molecule is COc1cc2c(cc1N)OC(C)(C)C(O)C2NC(=O)O. The van der Waals surface area contributed by atoms with E-state index in [0.717, 1.165) is 0 Å². The molecule has 7 heteroatoms. The second kappa shape index (κ2) is 4.75. The van der Waals surface area contributed by atoms with Gasteiger partial charge in [0.15, 0.2) is 0 Å². The summed E-state index contributed by atoms with van der Waals surface area (Å²) in [6, 6.07) is 2.32. The highest BCUT2D eigenvalue weighted by atomic mass is 16.5. The molecular formula is C13H18N2O5. The second-order valence-electron chi connectivity index (χ2n) is 5.21. The van der Waals surface area contributed by atoms with Crippen molar-refractivity contribution in [2.45, 2.75) is 31.6 Å². The van der Waals surface area contributed by atoms with Crippen molar-refractivity contribution in [3.63, 3.8) is 0 Å². The fraction of sp³-hybridized carbons (Fsp3) is 0.462. The summed E-state index contributed by atoms with van der Waals surface area (Å²) in [5.41, 5.74) is 5.75. The van der Waals surface area contributed by atoms with Gasteiger partial charge in [-0.05, 0) is 19.9 Å². The molecule has 1 aliphatic rings. The molecule has 110 valence electrons. The van der Waals surface area contributed by atoms with Gasteiger partial charge in [0.1, 0.15) is 23.2 Å². The van der Waals surface area contributed by atoms with E-state index in [2.05, 4.69) is 5.32 Å². The number of carbonyl (C=O) groups is 1. The zero-order valence-electron chi connectivity index (χ0n) is 11.5. The first kappa shape index (κ1) is 14.3. The maximum Gasteiger partial charge on any atom is 0.405 e. The van der Waals surface area contributed by atoms with Crippen molar-refractivity contribution >= 4 is 11.8 Å². The molecule has 0 fully saturated rings. The first-order chi connectivity index (χ1) is 9.26. The van der Waals surface area contributed by atoms with Gasteiger partial charge in [-0.25, -0.2) is 4.79 Å². The van der Waals surface area contributed by atoms with Gasteiger partial charge in [0.05, 0.1) is 18.8 Å². The zero-order chi connectivity index (χ0) is 15.1. The number of benzene rings is 1. The summed E-state index contributed by atoms with van der Waals surface area (Å²) >= 11 is 0. The predicted octanol–water partition coefficient (Wildman–Crippen LogP) is 1.12. The maximum atomic E-state index is 10.9. The number of hydrogen-bond donors (Lipinski definition) is 4. The minimum absolute atomic E-state index is 0.382. The molecule has 1 aliphatic heterocycles. The molecule has 0 spiro atoms. The Kier molecular flexibility index (Phi) is 3.39. The van der Waals surface area contributed by atoms with Crippen molar-refractivity contribution in [2.24, 2.45) is 0 Å². The van der Waals surface area contributed by atoms with Crippen molar-refractivity contribution in [3.05, 3.63) is 17.7 Å². The van der Waals surface area contributed by atoms with E-state index >= 15 is 0 Å². The van der Waals surface area contributed by atoms with E-state index in [1.54, 1.807) is 26.0 Å². The molecule has 20 heavy (non-hydrogen) atoms. The van der Waals surface area contributed by atoms with E-state index < -0.39 is 23.8 Å². The van der Waals surface area contributed by atoms with Crippen LogP contribution in [0.2, 0.25) is 0 Å². The smallest absolute Gasteiger partial charge is 0.405 e. The standard InChI is InChI=1S/C13H18N2O5/c1-13(2)11(16)10(15-12(17)18)6-4-9(19-3)7(14)5-8(6)20-13/h4-5,10-11,15-16H,14H2,1-3H3,(H,17,18). The van der Waals surface area contributed by atoms with Crippen molar-refractivity contribution in [1.82, 2.24) is 5.32 Å². The lowest BCUT2D eigenvalue weighted by molar-refractivity contribution is -0.0631. The van der Waals surface area contributed by atoms with Gasteiger partial charge in [-0.15, -0.1) is 0 Å². The Morgan fingerprint density at radius 1 is 1.50 bits per heavy atom. The van der Waals surface area contributed by atoms with Gasteiger partial charge in [-0.1, -0.05) is 0 Å². The van der Waals surface area contributed by atoms with E-state index in [1.165, 1.54) is 7.11 Å². The Labute approximate surface area is 116 Å². The second-order valence-corrected chi connectivity index (χ2v) is 5.21. The summed E-state index contributed by atoms with van der Waals surface area (Å²) in [5.74, 6) is 0.828. The molecule has 0 aliphatic carbocycles. The average Bonchev–Trinajstić information content (AvgIpc) is 2.34. The molecule has 0 saturated carbocycles. The Morgan fingerprint density at radius 2 is 2.15 bits per heavy atom. The number of anilines is 1. The largest absolute Gasteiger partial charge is 0.495 e. The van der Waals surface area contributed by atoms with Gasteiger partial charge in [0, 0.05) is 11.6 Å². The number of methoxy groups -OCH3 is 1. The molecule has 1 amide bonds. The van der Waals surface area contributed by atoms with E-state index in [-0.39, 0.29) is 0 Å². The van der Waals surface area contributed by atoms with Gasteiger partial charge in [-0.3, -0.25) is 0 Å². The molecule has 0 radical (unpaired) electrons. The van der Waals surface area contributed by atoms with Crippen LogP contribution in [0.25, 0.3) is 0 Å². The minimum Gasteiger partial charge on any atom is -0.495 e. The molecule has 1 aromatic carbocycles. The van der Waals surface area contributed by atoms with Crippen molar-refractivity contribution in [3.8, 4) is 11.5 Å². The van der Waals surface area contributed by atoms with Gasteiger partial charge < -0.3 is 30.7 Å². The minimum atomic E-state index is -1.23. The molecule has 2 atom stereocenters. The summed E-state index contributed by atoms with van der Waals surface area (Å²) < 4.78 is 10.8. The molecule has 1 aromatic rings.